The Morgan fingerprint density at radius 1 is 0.825 bits per heavy atom. The molecule has 1 N–H and O–H groups in total. The maximum atomic E-state index is 12.7. The van der Waals surface area contributed by atoms with Crippen LogP contribution in [-0.4, -0.2) is 77.5 Å². The fourth-order valence-electron chi connectivity index (χ4n) is 5.19. The predicted molar refractivity (Wildman–Crippen MR) is 157 cm³/mol. The van der Waals surface area contributed by atoms with E-state index >= 15 is 0 Å². The molecular weight excluding hydrogens is 502 g/mol. The number of anilines is 1. The van der Waals surface area contributed by atoms with Crippen LogP contribution in [0.2, 0.25) is 0 Å². The third-order valence-electron chi connectivity index (χ3n) is 7.68. The van der Waals surface area contributed by atoms with E-state index in [0.717, 1.165) is 51.4 Å². The zero-order valence-corrected chi connectivity index (χ0v) is 23.3. The lowest BCUT2D eigenvalue weighted by atomic mass is 10.1. The van der Waals surface area contributed by atoms with Crippen LogP contribution >= 0.6 is 0 Å². The number of carbonyl (C=O) groups excluding carboxylic acids is 2. The Kier molecular flexibility index (Phi) is 9.42. The number of aryl methyl sites for hydroxylation is 1. The molecule has 8 heteroatoms. The van der Waals surface area contributed by atoms with Crippen LogP contribution in [0.25, 0.3) is 0 Å². The number of nitrogens with zero attached hydrogens (tertiary/aromatic N) is 4. The fraction of sp³-hybridized carbons (Fsp3) is 0.406. The van der Waals surface area contributed by atoms with Crippen molar-refractivity contribution >= 4 is 17.7 Å². The second-order valence-electron chi connectivity index (χ2n) is 10.8. The van der Waals surface area contributed by atoms with Crippen molar-refractivity contribution in [3.05, 3.63) is 89.2 Å². The van der Waals surface area contributed by atoms with Crippen molar-refractivity contribution in [3.8, 4) is 5.75 Å². The molecule has 0 radical (unpaired) electrons. The maximum Gasteiger partial charge on any atom is 0.415 e. The summed E-state index contributed by atoms with van der Waals surface area (Å²) in [4.78, 5) is 36.5. The van der Waals surface area contributed by atoms with Gasteiger partial charge in [-0.15, -0.1) is 0 Å². The van der Waals surface area contributed by atoms with E-state index in [-0.39, 0.29) is 12.0 Å². The van der Waals surface area contributed by atoms with E-state index in [9.17, 15) is 9.59 Å². The number of ether oxygens (including phenoxy) is 1. The topological polar surface area (TPSA) is 78.0 Å². The molecule has 2 amide bonds. The van der Waals surface area contributed by atoms with Gasteiger partial charge in [0.1, 0.15) is 5.75 Å². The first kappa shape index (κ1) is 27.8. The first-order valence-corrected chi connectivity index (χ1v) is 14.4. The van der Waals surface area contributed by atoms with Crippen molar-refractivity contribution in [3.63, 3.8) is 0 Å². The van der Waals surface area contributed by atoms with Gasteiger partial charge in [-0.05, 0) is 86.4 Å². The number of nitrogens with one attached hydrogen (secondary N) is 1. The van der Waals surface area contributed by atoms with Gasteiger partial charge in [-0.25, -0.2) is 4.79 Å². The molecule has 2 fully saturated rings. The standard InChI is InChI=1S/C32H39N5O3/c1-25-5-10-28(33-23-25)15-18-35-19-21-37(22-20-35)32(39)40-30-13-11-29(12-14-30)34-31(38)27-8-6-26(7-9-27)24-36-16-3-2-4-17-36/h5-14,23H,2-4,15-22,24H2,1H3,(H,34,38). The summed E-state index contributed by atoms with van der Waals surface area (Å²) in [5.41, 5.74) is 4.75. The van der Waals surface area contributed by atoms with E-state index in [1.165, 1.54) is 30.4 Å². The number of benzene rings is 2. The second kappa shape index (κ2) is 13.5. The molecule has 0 atom stereocenters. The Hall–Kier alpha value is -3.75. The van der Waals surface area contributed by atoms with Gasteiger partial charge in [0, 0.05) is 68.8 Å². The lowest BCUT2D eigenvalue weighted by Crippen LogP contribution is -2.49. The van der Waals surface area contributed by atoms with E-state index in [0.29, 0.717) is 30.1 Å². The summed E-state index contributed by atoms with van der Waals surface area (Å²) in [6, 6.07) is 18.9. The van der Waals surface area contributed by atoms with Crippen molar-refractivity contribution in [2.24, 2.45) is 0 Å². The monoisotopic (exact) mass is 541 g/mol. The molecule has 0 bridgehead atoms. The van der Waals surface area contributed by atoms with E-state index in [1.54, 1.807) is 29.2 Å². The van der Waals surface area contributed by atoms with Gasteiger partial charge >= 0.3 is 6.09 Å². The molecule has 0 saturated carbocycles. The minimum atomic E-state index is -0.346. The number of amides is 2. The molecule has 5 rings (SSSR count). The van der Waals surface area contributed by atoms with Crippen LogP contribution in [0.1, 0.15) is 46.4 Å². The average molecular weight is 542 g/mol. The molecule has 2 saturated heterocycles. The third kappa shape index (κ3) is 7.90. The number of pyridine rings is 1. The first-order chi connectivity index (χ1) is 19.5. The quantitative estimate of drug-likeness (QED) is 0.433. The summed E-state index contributed by atoms with van der Waals surface area (Å²) in [6.45, 7) is 9.08. The van der Waals surface area contributed by atoms with Crippen LogP contribution in [0.4, 0.5) is 10.5 Å². The SMILES string of the molecule is Cc1ccc(CCN2CCN(C(=O)Oc3ccc(NC(=O)c4ccc(CN5CCCCC5)cc4)cc3)CC2)nc1. The molecule has 40 heavy (non-hydrogen) atoms. The molecule has 1 aromatic heterocycles. The number of carbonyl (C=O) groups is 2. The van der Waals surface area contributed by atoms with Gasteiger partial charge in [0.05, 0.1) is 0 Å². The number of likely N-dealkylation sites (tertiary alicyclic amines) is 1. The van der Waals surface area contributed by atoms with Crippen molar-refractivity contribution in [2.75, 3.05) is 51.1 Å². The smallest absolute Gasteiger partial charge is 0.410 e. The van der Waals surface area contributed by atoms with Crippen LogP contribution in [-0.2, 0) is 13.0 Å². The van der Waals surface area contributed by atoms with Crippen LogP contribution in [0.5, 0.6) is 5.75 Å². The Morgan fingerprint density at radius 2 is 1.55 bits per heavy atom. The highest BCUT2D eigenvalue weighted by atomic mass is 16.6. The van der Waals surface area contributed by atoms with Gasteiger partial charge < -0.3 is 15.0 Å². The summed E-state index contributed by atoms with van der Waals surface area (Å²) >= 11 is 0. The van der Waals surface area contributed by atoms with Gasteiger partial charge in [0.15, 0.2) is 0 Å². The fourth-order valence-corrected chi connectivity index (χ4v) is 5.19. The van der Waals surface area contributed by atoms with Gasteiger partial charge in [0.25, 0.3) is 5.91 Å². The van der Waals surface area contributed by atoms with Crippen molar-refractivity contribution in [2.45, 2.75) is 39.2 Å². The van der Waals surface area contributed by atoms with Crippen molar-refractivity contribution < 1.29 is 14.3 Å². The molecule has 3 heterocycles. The second-order valence-corrected chi connectivity index (χ2v) is 10.8. The average Bonchev–Trinajstić information content (AvgIpc) is 2.99. The van der Waals surface area contributed by atoms with Gasteiger partial charge in [0.2, 0.25) is 0 Å². The van der Waals surface area contributed by atoms with Gasteiger partial charge in [-0.2, -0.15) is 0 Å². The summed E-state index contributed by atoms with van der Waals surface area (Å²) in [5, 5.41) is 2.92. The molecule has 210 valence electrons. The van der Waals surface area contributed by atoms with Crippen molar-refractivity contribution in [1.82, 2.24) is 19.7 Å². The number of piperazine rings is 1. The summed E-state index contributed by atoms with van der Waals surface area (Å²) in [6.07, 6.45) is 6.31. The van der Waals surface area contributed by atoms with Crippen LogP contribution in [0, 0.1) is 6.92 Å². The summed E-state index contributed by atoms with van der Waals surface area (Å²) in [7, 11) is 0. The highest BCUT2D eigenvalue weighted by Crippen LogP contribution is 2.19. The Bertz CT molecular complexity index is 1250. The molecule has 2 aliphatic rings. The van der Waals surface area contributed by atoms with Crippen molar-refractivity contribution in [1.29, 1.82) is 0 Å². The Labute approximate surface area is 236 Å². The summed E-state index contributed by atoms with van der Waals surface area (Å²) in [5.74, 6) is 0.295. The Morgan fingerprint density at radius 3 is 2.23 bits per heavy atom. The largest absolute Gasteiger partial charge is 0.415 e. The van der Waals surface area contributed by atoms with E-state index < -0.39 is 0 Å². The predicted octanol–water partition coefficient (Wildman–Crippen LogP) is 4.99. The number of hydrogen-bond donors (Lipinski definition) is 1. The van der Waals surface area contributed by atoms with Crippen LogP contribution in [0.15, 0.2) is 66.9 Å². The molecule has 8 nitrogen and oxygen atoms in total. The molecular formula is C32H39N5O3. The minimum absolute atomic E-state index is 0.162. The Balaban J connectivity index is 1.04. The zero-order chi connectivity index (χ0) is 27.7. The number of piperidine rings is 1. The van der Waals surface area contributed by atoms with Crippen LogP contribution in [0.3, 0.4) is 0 Å². The molecule has 0 aliphatic carbocycles. The van der Waals surface area contributed by atoms with Gasteiger partial charge in [-0.1, -0.05) is 24.6 Å². The lowest BCUT2D eigenvalue weighted by molar-refractivity contribution is 0.102. The molecule has 2 aromatic carbocycles. The highest BCUT2D eigenvalue weighted by Gasteiger charge is 2.22. The lowest BCUT2D eigenvalue weighted by Gasteiger charge is -2.33. The van der Waals surface area contributed by atoms with E-state index in [2.05, 4.69) is 32.2 Å². The zero-order valence-electron chi connectivity index (χ0n) is 23.3. The minimum Gasteiger partial charge on any atom is -0.410 e. The molecule has 3 aromatic rings. The number of rotatable bonds is 8. The van der Waals surface area contributed by atoms with Gasteiger partial charge in [-0.3, -0.25) is 19.6 Å². The third-order valence-corrected chi connectivity index (χ3v) is 7.68. The number of hydrogen-bond acceptors (Lipinski definition) is 6. The van der Waals surface area contributed by atoms with Crippen LogP contribution < -0.4 is 10.1 Å². The maximum absolute atomic E-state index is 12.7. The molecule has 2 aliphatic heterocycles. The summed E-state index contributed by atoms with van der Waals surface area (Å²) < 4.78 is 5.59. The highest BCUT2D eigenvalue weighted by molar-refractivity contribution is 6.04. The van der Waals surface area contributed by atoms with E-state index in [1.807, 2.05) is 37.4 Å². The normalized spacial score (nSPS) is 16.5. The molecule has 0 unspecified atom stereocenters. The molecule has 0 spiro atoms. The number of aromatic nitrogens is 1. The van der Waals surface area contributed by atoms with E-state index in [4.69, 9.17) is 4.74 Å². The first-order valence-electron chi connectivity index (χ1n) is 14.4.